The Kier molecular flexibility index (Phi) is 4.30. The van der Waals surface area contributed by atoms with Gasteiger partial charge in [-0.15, -0.1) is 0 Å². The maximum Gasteiger partial charge on any atom is 0.287 e. The molecule has 4 rings (SSSR count). The fourth-order valence-corrected chi connectivity index (χ4v) is 2.95. The molecule has 1 aliphatic rings. The molecular weight excluding hydrogens is 375 g/mol. The monoisotopic (exact) mass is 388 g/mol. The zero-order valence-electron chi connectivity index (χ0n) is 13.5. The summed E-state index contributed by atoms with van der Waals surface area (Å²) >= 11 is 12.1. The molecule has 0 saturated heterocycles. The predicted molar refractivity (Wildman–Crippen MR) is 100 cm³/mol. The number of carbonyl (C=O) groups is 2. The first-order valence-corrected chi connectivity index (χ1v) is 8.83. The van der Waals surface area contributed by atoms with Crippen molar-refractivity contribution in [3.05, 3.63) is 64.2 Å². The van der Waals surface area contributed by atoms with E-state index in [4.69, 9.17) is 23.2 Å². The maximum absolute atomic E-state index is 12.7. The van der Waals surface area contributed by atoms with Crippen LogP contribution in [0, 0.1) is 0 Å². The summed E-state index contributed by atoms with van der Waals surface area (Å²) in [6.07, 6.45) is 3.64. The van der Waals surface area contributed by atoms with Crippen molar-refractivity contribution >= 4 is 46.2 Å². The van der Waals surface area contributed by atoms with Crippen LogP contribution in [0.15, 0.2) is 42.6 Å². The Bertz CT molecular complexity index is 1030. The lowest BCUT2D eigenvalue weighted by Gasteiger charge is -2.06. The highest BCUT2D eigenvalue weighted by molar-refractivity contribution is 6.36. The minimum Gasteiger partial charge on any atom is -0.347 e. The molecule has 0 atom stereocenters. The number of amides is 2. The number of halogens is 2. The van der Waals surface area contributed by atoms with Crippen molar-refractivity contribution in [3.8, 4) is 0 Å². The van der Waals surface area contributed by atoms with Crippen LogP contribution in [-0.4, -0.2) is 27.2 Å². The van der Waals surface area contributed by atoms with E-state index in [1.165, 1.54) is 0 Å². The maximum atomic E-state index is 12.7. The van der Waals surface area contributed by atoms with Gasteiger partial charge in [-0.25, -0.2) is 4.98 Å². The number of nitrogens with zero attached hydrogens (tertiary/aromatic N) is 2. The van der Waals surface area contributed by atoms with E-state index in [0.29, 0.717) is 21.2 Å². The van der Waals surface area contributed by atoms with Crippen LogP contribution >= 0.6 is 23.2 Å². The molecule has 0 unspecified atom stereocenters. The smallest absolute Gasteiger partial charge is 0.287 e. The molecule has 6 nitrogen and oxygen atoms in total. The van der Waals surface area contributed by atoms with Crippen molar-refractivity contribution in [2.24, 2.45) is 0 Å². The summed E-state index contributed by atoms with van der Waals surface area (Å²) in [6, 6.07) is 10.3. The Morgan fingerprint density at radius 3 is 2.69 bits per heavy atom. The molecule has 0 spiro atoms. The van der Waals surface area contributed by atoms with E-state index in [9.17, 15) is 9.59 Å². The van der Waals surface area contributed by atoms with Gasteiger partial charge in [-0.3, -0.25) is 14.0 Å². The second-order valence-corrected chi connectivity index (χ2v) is 6.91. The highest BCUT2D eigenvalue weighted by Gasteiger charge is 2.27. The van der Waals surface area contributed by atoms with E-state index in [1.807, 2.05) is 0 Å². The third-order valence-corrected chi connectivity index (χ3v) is 4.62. The number of aromatic nitrogens is 2. The molecule has 2 aromatic heterocycles. The Labute approximate surface area is 159 Å². The number of carbonyl (C=O) groups excluding carboxylic acids is 2. The number of fused-ring (bicyclic) bond motifs is 1. The number of rotatable bonds is 4. The third-order valence-electron chi connectivity index (χ3n) is 4.06. The molecular formula is C18H14Cl2N4O2. The molecule has 26 heavy (non-hydrogen) atoms. The van der Waals surface area contributed by atoms with Crippen LogP contribution in [0.2, 0.25) is 10.0 Å². The van der Waals surface area contributed by atoms with Gasteiger partial charge in [0.05, 0.1) is 16.2 Å². The van der Waals surface area contributed by atoms with E-state index in [0.717, 1.165) is 12.8 Å². The van der Waals surface area contributed by atoms with Crippen molar-refractivity contribution in [1.82, 2.24) is 14.7 Å². The summed E-state index contributed by atoms with van der Waals surface area (Å²) in [6.45, 7) is 0. The zero-order chi connectivity index (χ0) is 18.3. The van der Waals surface area contributed by atoms with Gasteiger partial charge in [0.25, 0.3) is 11.8 Å². The molecule has 1 fully saturated rings. The summed E-state index contributed by atoms with van der Waals surface area (Å²) in [5, 5.41) is 6.40. The summed E-state index contributed by atoms with van der Waals surface area (Å²) in [7, 11) is 0. The van der Waals surface area contributed by atoms with Crippen molar-refractivity contribution in [2.75, 3.05) is 5.32 Å². The van der Waals surface area contributed by atoms with Crippen LogP contribution in [0.25, 0.3) is 5.52 Å². The first-order chi connectivity index (χ1) is 12.5. The predicted octanol–water partition coefficient (Wildman–Crippen LogP) is 3.79. The van der Waals surface area contributed by atoms with E-state index in [-0.39, 0.29) is 23.5 Å². The number of benzene rings is 1. The summed E-state index contributed by atoms with van der Waals surface area (Å²) in [5.41, 5.74) is 1.05. The number of pyridine rings is 1. The first-order valence-electron chi connectivity index (χ1n) is 8.07. The molecule has 0 bridgehead atoms. The fourth-order valence-electron chi connectivity index (χ4n) is 2.62. The Balaban J connectivity index is 1.70. The SMILES string of the molecule is O=C(Nc1cc(Cl)ccc1Cl)c1nc(C(=O)NC2CC2)n2ccccc12. The largest absolute Gasteiger partial charge is 0.347 e. The Morgan fingerprint density at radius 1 is 1.12 bits per heavy atom. The molecule has 2 heterocycles. The van der Waals surface area contributed by atoms with Crippen molar-refractivity contribution < 1.29 is 9.59 Å². The minimum absolute atomic E-state index is 0.141. The molecule has 2 amide bonds. The van der Waals surface area contributed by atoms with E-state index >= 15 is 0 Å². The third kappa shape index (κ3) is 3.25. The van der Waals surface area contributed by atoms with Crippen LogP contribution in [0.1, 0.15) is 33.9 Å². The van der Waals surface area contributed by atoms with Crippen LogP contribution in [0.4, 0.5) is 5.69 Å². The molecule has 3 aromatic rings. The molecule has 132 valence electrons. The Morgan fingerprint density at radius 2 is 1.92 bits per heavy atom. The number of hydrogen-bond donors (Lipinski definition) is 2. The van der Waals surface area contributed by atoms with Crippen molar-refractivity contribution in [3.63, 3.8) is 0 Å². The quantitative estimate of drug-likeness (QED) is 0.713. The van der Waals surface area contributed by atoms with Crippen LogP contribution in [-0.2, 0) is 0 Å². The average Bonchev–Trinajstić information content (AvgIpc) is 3.34. The van der Waals surface area contributed by atoms with Gasteiger partial charge < -0.3 is 10.6 Å². The number of hydrogen-bond acceptors (Lipinski definition) is 3. The molecule has 1 saturated carbocycles. The van der Waals surface area contributed by atoms with Gasteiger partial charge in [-0.1, -0.05) is 29.3 Å². The lowest BCUT2D eigenvalue weighted by atomic mass is 10.3. The van der Waals surface area contributed by atoms with E-state index in [1.54, 1.807) is 47.0 Å². The summed E-state index contributed by atoms with van der Waals surface area (Å²) in [5.74, 6) is -0.591. The van der Waals surface area contributed by atoms with Crippen molar-refractivity contribution in [1.29, 1.82) is 0 Å². The molecule has 0 radical (unpaired) electrons. The first kappa shape index (κ1) is 16.9. The second-order valence-electron chi connectivity index (χ2n) is 6.07. The lowest BCUT2D eigenvalue weighted by molar-refractivity contribution is 0.0940. The number of imidazole rings is 1. The van der Waals surface area contributed by atoms with Gasteiger partial charge in [-0.2, -0.15) is 0 Å². The number of anilines is 1. The number of nitrogens with one attached hydrogen (secondary N) is 2. The molecule has 8 heteroatoms. The van der Waals surface area contributed by atoms with E-state index < -0.39 is 5.91 Å². The highest BCUT2D eigenvalue weighted by Crippen LogP contribution is 2.26. The average molecular weight is 389 g/mol. The van der Waals surface area contributed by atoms with Crippen molar-refractivity contribution in [2.45, 2.75) is 18.9 Å². The van der Waals surface area contributed by atoms with Gasteiger partial charge in [0.15, 0.2) is 5.69 Å². The lowest BCUT2D eigenvalue weighted by Crippen LogP contribution is -2.27. The van der Waals surface area contributed by atoms with Gasteiger partial charge >= 0.3 is 0 Å². The van der Waals surface area contributed by atoms with Gasteiger partial charge in [0.1, 0.15) is 0 Å². The van der Waals surface area contributed by atoms with E-state index in [2.05, 4.69) is 15.6 Å². The van der Waals surface area contributed by atoms with Crippen LogP contribution in [0.3, 0.4) is 0 Å². The fraction of sp³-hybridized carbons (Fsp3) is 0.167. The standard InChI is InChI=1S/C18H14Cl2N4O2/c19-10-4-7-12(20)13(9-10)22-17(25)15-14-3-1-2-8-24(14)16(23-15)18(26)21-11-5-6-11/h1-4,7-9,11H,5-6H2,(H,21,26)(H,22,25). The molecule has 0 aliphatic heterocycles. The van der Waals surface area contributed by atoms with Crippen LogP contribution in [0.5, 0.6) is 0 Å². The molecule has 2 N–H and O–H groups in total. The highest BCUT2D eigenvalue weighted by atomic mass is 35.5. The topological polar surface area (TPSA) is 75.5 Å². The normalized spacial score (nSPS) is 13.6. The molecule has 1 aliphatic carbocycles. The van der Waals surface area contributed by atoms with Gasteiger partial charge in [-0.05, 0) is 43.2 Å². The minimum atomic E-state index is -0.469. The molecule has 1 aromatic carbocycles. The summed E-state index contributed by atoms with van der Waals surface area (Å²) in [4.78, 5) is 29.5. The summed E-state index contributed by atoms with van der Waals surface area (Å²) < 4.78 is 1.60. The second kappa shape index (κ2) is 6.63. The zero-order valence-corrected chi connectivity index (χ0v) is 15.0. The van der Waals surface area contributed by atoms with Gasteiger partial charge in [0, 0.05) is 17.3 Å². The Hall–Kier alpha value is -2.57. The van der Waals surface area contributed by atoms with Crippen LogP contribution < -0.4 is 10.6 Å². The van der Waals surface area contributed by atoms with Gasteiger partial charge in [0.2, 0.25) is 5.82 Å².